The molecule has 1 aliphatic heterocycles. The van der Waals surface area contributed by atoms with E-state index in [1.54, 1.807) is 0 Å². The summed E-state index contributed by atoms with van der Waals surface area (Å²) in [7, 11) is 0. The fourth-order valence-corrected chi connectivity index (χ4v) is 2.41. The minimum absolute atomic E-state index is 0.232. The first kappa shape index (κ1) is 18.4. The Hall–Kier alpha value is -1.68. The Balaban J connectivity index is 3.15. The number of amides is 1. The molecule has 5 unspecified atom stereocenters. The van der Waals surface area contributed by atoms with Crippen molar-refractivity contribution in [2.24, 2.45) is 11.7 Å². The Kier molecular flexibility index (Phi) is 6.75. The van der Waals surface area contributed by atoms with Crippen molar-refractivity contribution in [2.75, 3.05) is 13.2 Å². The molecular formula is C13H22N2O7. The maximum Gasteiger partial charge on any atom is 0.370 e. The van der Waals surface area contributed by atoms with Crippen molar-refractivity contribution >= 4 is 11.9 Å². The zero-order valence-corrected chi connectivity index (χ0v) is 12.2. The summed E-state index contributed by atoms with van der Waals surface area (Å²) in [6, 6.07) is -0.777. The third-order valence-electron chi connectivity index (χ3n) is 3.44. The van der Waals surface area contributed by atoms with Crippen LogP contribution in [0.25, 0.3) is 0 Å². The van der Waals surface area contributed by atoms with E-state index in [4.69, 9.17) is 20.7 Å². The molecule has 0 aliphatic carbocycles. The van der Waals surface area contributed by atoms with E-state index in [2.05, 4.69) is 5.32 Å². The van der Waals surface area contributed by atoms with Crippen LogP contribution in [0.2, 0.25) is 0 Å². The molecule has 0 aromatic rings. The molecule has 0 spiro atoms. The molecule has 0 aromatic carbocycles. The van der Waals surface area contributed by atoms with Gasteiger partial charge in [0, 0.05) is 12.8 Å². The van der Waals surface area contributed by atoms with Gasteiger partial charge in [-0.2, -0.15) is 0 Å². The number of nitrogens with one attached hydrogen (secondary N) is 1. The van der Waals surface area contributed by atoms with Crippen LogP contribution in [-0.2, 0) is 14.3 Å². The summed E-state index contributed by atoms with van der Waals surface area (Å²) in [6.07, 6.45) is -2.66. The van der Waals surface area contributed by atoms with Gasteiger partial charge in [0.05, 0.1) is 12.6 Å². The molecule has 5 atom stereocenters. The molecule has 0 saturated heterocycles. The van der Waals surface area contributed by atoms with Crippen molar-refractivity contribution in [3.05, 3.63) is 11.8 Å². The summed E-state index contributed by atoms with van der Waals surface area (Å²) in [6.45, 7) is 0.763. The zero-order chi connectivity index (χ0) is 16.9. The van der Waals surface area contributed by atoms with Gasteiger partial charge < -0.3 is 36.2 Å². The number of ether oxygens (including phenoxy) is 1. The van der Waals surface area contributed by atoms with Gasteiger partial charge >= 0.3 is 5.97 Å². The Morgan fingerprint density at radius 2 is 2.09 bits per heavy atom. The minimum atomic E-state index is -1.58. The van der Waals surface area contributed by atoms with Gasteiger partial charge in [0.2, 0.25) is 11.7 Å². The van der Waals surface area contributed by atoms with Gasteiger partial charge in [0.15, 0.2) is 0 Å². The van der Waals surface area contributed by atoms with Crippen molar-refractivity contribution in [3.63, 3.8) is 0 Å². The summed E-state index contributed by atoms with van der Waals surface area (Å²) >= 11 is 0. The van der Waals surface area contributed by atoms with Gasteiger partial charge in [-0.1, -0.05) is 0 Å². The van der Waals surface area contributed by atoms with E-state index in [1.165, 1.54) is 13.0 Å². The first-order valence-electron chi connectivity index (χ1n) is 6.87. The number of carbonyl (C=O) groups is 2. The van der Waals surface area contributed by atoms with Crippen LogP contribution in [0.5, 0.6) is 0 Å². The maximum absolute atomic E-state index is 11.4. The highest BCUT2D eigenvalue weighted by Crippen LogP contribution is 2.28. The van der Waals surface area contributed by atoms with Crippen LogP contribution in [0, 0.1) is 5.92 Å². The van der Waals surface area contributed by atoms with Crippen molar-refractivity contribution < 1.29 is 34.8 Å². The minimum Gasteiger partial charge on any atom is -0.478 e. The fraction of sp³-hybridized carbons (Fsp3) is 0.692. The van der Waals surface area contributed by atoms with Crippen LogP contribution in [0.15, 0.2) is 11.8 Å². The molecule has 126 valence electrons. The third kappa shape index (κ3) is 4.41. The highest BCUT2D eigenvalue weighted by atomic mass is 16.5. The molecule has 0 saturated carbocycles. The normalized spacial score (nSPS) is 27.3. The monoisotopic (exact) mass is 318 g/mol. The van der Waals surface area contributed by atoms with Crippen molar-refractivity contribution in [1.82, 2.24) is 5.32 Å². The summed E-state index contributed by atoms with van der Waals surface area (Å²) in [5.41, 5.74) is 5.50. The average Bonchev–Trinajstić information content (AvgIpc) is 2.46. The Bertz CT molecular complexity index is 440. The Morgan fingerprint density at radius 1 is 1.45 bits per heavy atom. The molecule has 0 bridgehead atoms. The van der Waals surface area contributed by atoms with Crippen LogP contribution in [0.1, 0.15) is 13.3 Å². The van der Waals surface area contributed by atoms with Crippen molar-refractivity contribution in [3.8, 4) is 0 Å². The number of carboxylic acid groups (broad SMARTS) is 1. The lowest BCUT2D eigenvalue weighted by molar-refractivity contribution is -0.147. The molecule has 0 radical (unpaired) electrons. The van der Waals surface area contributed by atoms with Gasteiger partial charge in [-0.05, 0) is 19.0 Å². The molecular weight excluding hydrogens is 296 g/mol. The Labute approximate surface area is 127 Å². The van der Waals surface area contributed by atoms with E-state index >= 15 is 0 Å². The standard InChI is InChI=1S/C13H22N2O7/c1-6(17)15-10-7(2-3-14)4-9(13(20)21)22-12(10)11(19)8(18)5-16/h4,7-8,10-12,16,18-19H,2-3,5,14H2,1H3,(H,15,17)(H,20,21). The second kappa shape index (κ2) is 8.08. The SMILES string of the molecule is CC(=O)NC1C(CCN)C=C(C(=O)O)OC1C(O)C(O)CO. The highest BCUT2D eigenvalue weighted by Gasteiger charge is 2.43. The summed E-state index contributed by atoms with van der Waals surface area (Å²) in [5.74, 6) is -2.62. The predicted molar refractivity (Wildman–Crippen MR) is 74.5 cm³/mol. The van der Waals surface area contributed by atoms with Gasteiger partial charge in [0.25, 0.3) is 0 Å². The highest BCUT2D eigenvalue weighted by molar-refractivity contribution is 5.84. The smallest absolute Gasteiger partial charge is 0.370 e. The van der Waals surface area contributed by atoms with Gasteiger partial charge in [-0.3, -0.25) is 4.79 Å². The lowest BCUT2D eigenvalue weighted by Gasteiger charge is -2.39. The molecule has 7 N–H and O–H groups in total. The lowest BCUT2D eigenvalue weighted by atomic mass is 9.85. The number of hydrogen-bond acceptors (Lipinski definition) is 7. The third-order valence-corrected chi connectivity index (χ3v) is 3.44. The van der Waals surface area contributed by atoms with E-state index in [-0.39, 0.29) is 6.54 Å². The van der Waals surface area contributed by atoms with Gasteiger partial charge in [-0.15, -0.1) is 0 Å². The largest absolute Gasteiger partial charge is 0.478 e. The molecule has 0 aromatic heterocycles. The van der Waals surface area contributed by atoms with Crippen LogP contribution in [0.4, 0.5) is 0 Å². The summed E-state index contributed by atoms with van der Waals surface area (Å²) in [4.78, 5) is 22.5. The number of aliphatic carboxylic acids is 1. The number of carboxylic acids is 1. The molecule has 1 aliphatic rings. The van der Waals surface area contributed by atoms with E-state index < -0.39 is 54.5 Å². The average molecular weight is 318 g/mol. The number of carbonyl (C=O) groups excluding carboxylic acids is 1. The second-order valence-electron chi connectivity index (χ2n) is 5.13. The second-order valence-corrected chi connectivity index (χ2v) is 5.13. The molecule has 9 heteroatoms. The Morgan fingerprint density at radius 3 is 2.55 bits per heavy atom. The van der Waals surface area contributed by atoms with E-state index in [0.717, 1.165) is 0 Å². The summed E-state index contributed by atoms with van der Waals surface area (Å²) < 4.78 is 5.21. The van der Waals surface area contributed by atoms with Gasteiger partial charge in [-0.25, -0.2) is 4.79 Å². The van der Waals surface area contributed by atoms with E-state index in [9.17, 15) is 19.8 Å². The number of hydrogen-bond donors (Lipinski definition) is 6. The molecule has 1 rings (SSSR count). The number of rotatable bonds is 7. The molecule has 1 heterocycles. The van der Waals surface area contributed by atoms with Crippen LogP contribution in [0.3, 0.4) is 0 Å². The summed E-state index contributed by atoms with van der Waals surface area (Å²) in [5, 5.41) is 40.3. The van der Waals surface area contributed by atoms with E-state index in [0.29, 0.717) is 6.42 Å². The fourth-order valence-electron chi connectivity index (χ4n) is 2.41. The maximum atomic E-state index is 11.4. The lowest BCUT2D eigenvalue weighted by Crippen LogP contribution is -2.58. The van der Waals surface area contributed by atoms with Crippen LogP contribution in [-0.4, -0.2) is 69.8 Å². The quantitative estimate of drug-likeness (QED) is 0.301. The number of nitrogens with two attached hydrogens (primary N) is 1. The number of aliphatic hydroxyl groups is 3. The first-order chi connectivity index (χ1) is 10.3. The molecule has 9 nitrogen and oxygen atoms in total. The zero-order valence-electron chi connectivity index (χ0n) is 12.2. The molecule has 22 heavy (non-hydrogen) atoms. The predicted octanol–water partition coefficient (Wildman–Crippen LogP) is -2.46. The van der Waals surface area contributed by atoms with Crippen molar-refractivity contribution in [1.29, 1.82) is 0 Å². The molecule has 1 amide bonds. The number of aliphatic hydroxyl groups excluding tert-OH is 3. The molecule has 0 fully saturated rings. The van der Waals surface area contributed by atoms with Crippen LogP contribution >= 0.6 is 0 Å². The van der Waals surface area contributed by atoms with Crippen LogP contribution < -0.4 is 11.1 Å². The van der Waals surface area contributed by atoms with Gasteiger partial charge in [0.1, 0.15) is 18.3 Å². The van der Waals surface area contributed by atoms with Crippen molar-refractivity contribution in [2.45, 2.75) is 37.7 Å². The first-order valence-corrected chi connectivity index (χ1v) is 6.87. The van der Waals surface area contributed by atoms with E-state index in [1.807, 2.05) is 0 Å². The topological polar surface area (TPSA) is 162 Å².